The third-order valence-electron chi connectivity index (χ3n) is 4.92. The Hall–Kier alpha value is -1.55. The summed E-state index contributed by atoms with van der Waals surface area (Å²) in [5.74, 6) is -0.297. The predicted molar refractivity (Wildman–Crippen MR) is 73.2 cm³/mol. The maximum Gasteiger partial charge on any atom is 0.310 e. The zero-order chi connectivity index (χ0) is 13.9. The van der Waals surface area contributed by atoms with Crippen molar-refractivity contribution < 1.29 is 14.3 Å². The van der Waals surface area contributed by atoms with E-state index >= 15 is 0 Å². The molecule has 5 heteroatoms. The summed E-state index contributed by atoms with van der Waals surface area (Å²) in [6, 6.07) is 7.14. The number of hydrogen-bond donors (Lipinski definition) is 1. The van der Waals surface area contributed by atoms with E-state index in [4.69, 9.17) is 16.3 Å². The molecule has 3 aliphatic rings. The second-order valence-electron chi connectivity index (χ2n) is 5.89. The van der Waals surface area contributed by atoms with Crippen molar-refractivity contribution in [2.75, 3.05) is 5.32 Å². The van der Waals surface area contributed by atoms with E-state index in [0.29, 0.717) is 10.7 Å². The highest BCUT2D eigenvalue weighted by atomic mass is 35.5. The molecular formula is C15H14ClNO3. The van der Waals surface area contributed by atoms with Crippen molar-refractivity contribution in [2.45, 2.75) is 18.9 Å². The Bertz CT molecular complexity index is 601. The maximum atomic E-state index is 12.5. The molecule has 4 nitrogen and oxygen atoms in total. The van der Waals surface area contributed by atoms with Gasteiger partial charge in [-0.2, -0.15) is 0 Å². The lowest BCUT2D eigenvalue weighted by Gasteiger charge is -2.23. The molecule has 1 heterocycles. The van der Waals surface area contributed by atoms with E-state index in [9.17, 15) is 9.59 Å². The summed E-state index contributed by atoms with van der Waals surface area (Å²) in [6.45, 7) is 0. The van der Waals surface area contributed by atoms with Gasteiger partial charge in [-0.3, -0.25) is 9.59 Å². The topological polar surface area (TPSA) is 55.4 Å². The predicted octanol–water partition coefficient (Wildman–Crippen LogP) is 2.48. The van der Waals surface area contributed by atoms with Crippen molar-refractivity contribution >= 4 is 29.2 Å². The number of rotatable bonds is 2. The molecule has 1 aromatic carbocycles. The molecular weight excluding hydrogens is 278 g/mol. The minimum Gasteiger partial charge on any atom is -0.462 e. The number of esters is 1. The summed E-state index contributed by atoms with van der Waals surface area (Å²) in [5, 5.41) is 3.37. The fourth-order valence-electron chi connectivity index (χ4n) is 4.14. The van der Waals surface area contributed by atoms with Gasteiger partial charge in [-0.15, -0.1) is 0 Å². The molecule has 4 rings (SSSR count). The molecule has 0 spiro atoms. The first-order valence-electron chi connectivity index (χ1n) is 6.91. The third-order valence-corrected chi connectivity index (χ3v) is 5.25. The molecule has 1 aliphatic heterocycles. The average Bonchev–Trinajstić information content (AvgIpc) is 3.02. The van der Waals surface area contributed by atoms with E-state index in [0.717, 1.165) is 12.8 Å². The van der Waals surface area contributed by atoms with Gasteiger partial charge >= 0.3 is 5.97 Å². The van der Waals surface area contributed by atoms with Gasteiger partial charge in [0.05, 0.1) is 22.5 Å². The van der Waals surface area contributed by atoms with Crippen LogP contribution in [0.5, 0.6) is 0 Å². The monoisotopic (exact) mass is 291 g/mol. The summed E-state index contributed by atoms with van der Waals surface area (Å²) in [7, 11) is 0. The van der Waals surface area contributed by atoms with Gasteiger partial charge in [0, 0.05) is 5.92 Å². The number of amides is 1. The number of carbonyl (C=O) groups excluding carboxylic acids is 2. The van der Waals surface area contributed by atoms with Crippen LogP contribution in [0.25, 0.3) is 0 Å². The molecule has 104 valence electrons. The van der Waals surface area contributed by atoms with Crippen molar-refractivity contribution in [3.05, 3.63) is 29.3 Å². The second kappa shape index (κ2) is 4.22. The highest BCUT2D eigenvalue weighted by Gasteiger charge is 2.63. The normalized spacial score (nSPS) is 37.0. The number of carbonyl (C=O) groups is 2. The Kier molecular flexibility index (Phi) is 2.58. The average molecular weight is 292 g/mol. The van der Waals surface area contributed by atoms with Crippen LogP contribution < -0.4 is 5.32 Å². The first-order chi connectivity index (χ1) is 9.65. The number of ether oxygens (including phenoxy) is 1. The molecule has 1 N–H and O–H groups in total. The Morgan fingerprint density at radius 2 is 2.10 bits per heavy atom. The summed E-state index contributed by atoms with van der Waals surface area (Å²) in [6.07, 6.45) is 1.82. The van der Waals surface area contributed by atoms with Crippen LogP contribution in [0.2, 0.25) is 5.02 Å². The van der Waals surface area contributed by atoms with Crippen LogP contribution in [0.3, 0.4) is 0 Å². The smallest absolute Gasteiger partial charge is 0.310 e. The molecule has 2 aliphatic carbocycles. The molecule has 20 heavy (non-hydrogen) atoms. The lowest BCUT2D eigenvalue weighted by molar-refractivity contribution is -0.145. The van der Waals surface area contributed by atoms with Gasteiger partial charge in [0.1, 0.15) is 6.10 Å². The molecule has 5 atom stereocenters. The number of anilines is 1. The van der Waals surface area contributed by atoms with Gasteiger partial charge in [0.2, 0.25) is 5.91 Å². The lowest BCUT2D eigenvalue weighted by Crippen LogP contribution is -2.35. The fourth-order valence-corrected chi connectivity index (χ4v) is 4.32. The highest BCUT2D eigenvalue weighted by molar-refractivity contribution is 6.33. The van der Waals surface area contributed by atoms with Gasteiger partial charge in [0.25, 0.3) is 0 Å². The van der Waals surface area contributed by atoms with Gasteiger partial charge in [0.15, 0.2) is 0 Å². The molecule has 0 unspecified atom stereocenters. The summed E-state index contributed by atoms with van der Waals surface area (Å²) in [5.41, 5.74) is 0.602. The fraction of sp³-hybridized carbons (Fsp3) is 0.467. The molecule has 2 saturated carbocycles. The van der Waals surface area contributed by atoms with Gasteiger partial charge in [-0.05, 0) is 30.9 Å². The summed E-state index contributed by atoms with van der Waals surface area (Å²) in [4.78, 5) is 24.4. The van der Waals surface area contributed by atoms with Gasteiger partial charge in [-0.25, -0.2) is 0 Å². The molecule has 0 aromatic heterocycles. The van der Waals surface area contributed by atoms with Gasteiger partial charge in [-0.1, -0.05) is 23.7 Å². The molecule has 2 bridgehead atoms. The standard InChI is InChI=1S/C15H14ClNO3/c16-9-3-1-2-4-10(9)17-14(18)12-7-5-8-11(6-7)20-15(19)13(8)12/h1-4,7-8,11-13H,5-6H2,(H,17,18)/t7-,8+,11-,12-,13-/m1/s1. The number of nitrogens with one attached hydrogen (secondary N) is 1. The number of hydrogen-bond acceptors (Lipinski definition) is 3. The first kappa shape index (κ1) is 12.2. The Morgan fingerprint density at radius 3 is 2.90 bits per heavy atom. The van der Waals surface area contributed by atoms with Crippen LogP contribution in [0.4, 0.5) is 5.69 Å². The largest absolute Gasteiger partial charge is 0.462 e. The minimum absolute atomic E-state index is 0.0573. The van der Waals surface area contributed by atoms with Crippen molar-refractivity contribution in [2.24, 2.45) is 23.7 Å². The van der Waals surface area contributed by atoms with Crippen LogP contribution in [0.15, 0.2) is 24.3 Å². The quantitative estimate of drug-likeness (QED) is 0.852. The third kappa shape index (κ3) is 1.61. The zero-order valence-corrected chi connectivity index (χ0v) is 11.5. The molecule has 3 fully saturated rings. The Labute approximate surface area is 121 Å². The van der Waals surface area contributed by atoms with Crippen molar-refractivity contribution in [1.29, 1.82) is 0 Å². The SMILES string of the molecule is O=C(Nc1ccccc1Cl)[C@@H]1[C@@H]2C[C@@H]3[C@H]1C(=O)O[C@@H]3C2. The van der Waals surface area contributed by atoms with Crippen LogP contribution in [0, 0.1) is 23.7 Å². The van der Waals surface area contributed by atoms with E-state index in [-0.39, 0.29) is 41.7 Å². The van der Waals surface area contributed by atoms with Crippen molar-refractivity contribution in [3.63, 3.8) is 0 Å². The van der Waals surface area contributed by atoms with Crippen LogP contribution >= 0.6 is 11.6 Å². The first-order valence-corrected chi connectivity index (χ1v) is 7.29. The van der Waals surface area contributed by atoms with Crippen molar-refractivity contribution in [1.82, 2.24) is 0 Å². The number of halogens is 1. The van der Waals surface area contributed by atoms with E-state index < -0.39 is 0 Å². The van der Waals surface area contributed by atoms with Crippen LogP contribution in [-0.4, -0.2) is 18.0 Å². The Balaban J connectivity index is 1.58. The Morgan fingerprint density at radius 1 is 1.30 bits per heavy atom. The molecule has 1 aromatic rings. The number of fused-ring (bicyclic) bond motifs is 1. The van der Waals surface area contributed by atoms with Crippen LogP contribution in [0.1, 0.15) is 12.8 Å². The van der Waals surface area contributed by atoms with Gasteiger partial charge < -0.3 is 10.1 Å². The summed E-state index contributed by atoms with van der Waals surface area (Å²) >= 11 is 6.05. The second-order valence-corrected chi connectivity index (χ2v) is 6.30. The highest BCUT2D eigenvalue weighted by Crippen LogP contribution is 2.57. The molecule has 1 saturated heterocycles. The van der Waals surface area contributed by atoms with Crippen LogP contribution in [-0.2, 0) is 14.3 Å². The lowest BCUT2D eigenvalue weighted by atomic mass is 9.79. The minimum atomic E-state index is -0.262. The van der Waals surface area contributed by atoms with E-state index in [2.05, 4.69) is 5.32 Å². The van der Waals surface area contributed by atoms with E-state index in [1.54, 1.807) is 12.1 Å². The molecule has 1 amide bonds. The van der Waals surface area contributed by atoms with E-state index in [1.807, 2.05) is 12.1 Å². The maximum absolute atomic E-state index is 12.5. The molecule has 0 radical (unpaired) electrons. The zero-order valence-electron chi connectivity index (χ0n) is 10.7. The number of benzene rings is 1. The van der Waals surface area contributed by atoms with Crippen molar-refractivity contribution in [3.8, 4) is 0 Å². The number of para-hydroxylation sites is 1. The van der Waals surface area contributed by atoms with E-state index in [1.165, 1.54) is 0 Å². The summed E-state index contributed by atoms with van der Waals surface area (Å²) < 4.78 is 5.35.